The fourth-order valence-corrected chi connectivity index (χ4v) is 0.543. The van der Waals surface area contributed by atoms with Crippen LogP contribution in [-0.4, -0.2) is 27.1 Å². The fourth-order valence-electron chi connectivity index (χ4n) is 0.543. The van der Waals surface area contributed by atoms with Crippen LogP contribution in [0, 0.1) is 0 Å². The monoisotopic (exact) mass is 191 g/mol. The molecule has 1 atom stereocenters. The van der Waals surface area contributed by atoms with E-state index in [-0.39, 0.29) is 0 Å². The molecule has 0 radical (unpaired) electrons. The van der Waals surface area contributed by atoms with Gasteiger partial charge in [-0.25, -0.2) is 4.39 Å². The second kappa shape index (κ2) is 11.6. The Balaban J connectivity index is 0. The molecule has 0 fully saturated rings. The van der Waals surface area contributed by atoms with E-state index >= 15 is 0 Å². The Morgan fingerprint density at radius 2 is 2.00 bits per heavy atom. The first kappa shape index (κ1) is 15.1. The predicted octanol–water partition coefficient (Wildman–Crippen LogP) is 2.51. The van der Waals surface area contributed by atoms with Crippen molar-refractivity contribution < 1.29 is 9.13 Å². The number of halogens is 1. The zero-order valence-corrected chi connectivity index (χ0v) is 9.19. The van der Waals surface area contributed by atoms with E-state index in [9.17, 15) is 4.39 Å². The van der Waals surface area contributed by atoms with Crippen molar-refractivity contribution >= 4 is 0 Å². The van der Waals surface area contributed by atoms with Gasteiger partial charge in [-0.15, -0.1) is 0 Å². The van der Waals surface area contributed by atoms with Gasteiger partial charge in [0.1, 0.15) is 0 Å². The molecule has 80 valence electrons. The second-order valence-electron chi connectivity index (χ2n) is 2.97. The average Bonchev–Trinajstić information content (AvgIpc) is 2.03. The van der Waals surface area contributed by atoms with Crippen molar-refractivity contribution in [2.45, 2.75) is 33.0 Å². The van der Waals surface area contributed by atoms with E-state index in [1.54, 1.807) is 0 Å². The number of hydrogen-bond acceptors (Lipinski definition) is 2. The summed E-state index contributed by atoms with van der Waals surface area (Å²) in [5.74, 6) is 0. The van der Waals surface area contributed by atoms with Gasteiger partial charge in [0, 0.05) is 6.42 Å². The lowest BCUT2D eigenvalue weighted by molar-refractivity contribution is -0.0327. The van der Waals surface area contributed by atoms with Crippen LogP contribution in [0.25, 0.3) is 0 Å². The minimum atomic E-state index is -1.11. The van der Waals surface area contributed by atoms with Crippen molar-refractivity contribution in [1.82, 2.24) is 5.32 Å². The van der Waals surface area contributed by atoms with E-state index in [2.05, 4.69) is 11.9 Å². The van der Waals surface area contributed by atoms with Crippen molar-refractivity contribution in [2.75, 3.05) is 20.7 Å². The molecule has 0 amide bonds. The Morgan fingerprint density at radius 1 is 1.54 bits per heavy atom. The maximum absolute atomic E-state index is 12.5. The highest BCUT2D eigenvalue weighted by atomic mass is 19.1. The molecule has 0 saturated heterocycles. The van der Waals surface area contributed by atoms with Crippen LogP contribution < -0.4 is 5.32 Å². The highest BCUT2D eigenvalue weighted by Gasteiger charge is 2.02. The molecule has 0 rings (SSSR count). The van der Waals surface area contributed by atoms with Crippen LogP contribution in [0.5, 0.6) is 0 Å². The van der Waals surface area contributed by atoms with Crippen LogP contribution in [0.4, 0.5) is 4.39 Å². The molecule has 0 aliphatic heterocycles. The Kier molecular flexibility index (Phi) is 13.4. The zero-order valence-electron chi connectivity index (χ0n) is 9.19. The summed E-state index contributed by atoms with van der Waals surface area (Å²) in [5, 5.41) is 2.75. The predicted molar refractivity (Wildman–Crippen MR) is 55.6 cm³/mol. The average molecular weight is 191 g/mol. The van der Waals surface area contributed by atoms with Gasteiger partial charge in [0.05, 0.1) is 6.61 Å². The van der Waals surface area contributed by atoms with E-state index in [0.717, 1.165) is 12.0 Å². The topological polar surface area (TPSA) is 21.3 Å². The first-order chi connectivity index (χ1) is 6.08. The molecule has 0 heterocycles. The maximum atomic E-state index is 12.5. The molecule has 0 bridgehead atoms. The largest absolute Gasteiger partial charge is 0.344 e. The van der Waals surface area contributed by atoms with Crippen molar-refractivity contribution in [3.63, 3.8) is 0 Å². The fraction of sp³-hybridized carbons (Fsp3) is 0.800. The van der Waals surface area contributed by atoms with Crippen LogP contribution in [0.15, 0.2) is 12.2 Å². The molecule has 0 saturated carbocycles. The lowest BCUT2D eigenvalue weighted by Crippen LogP contribution is -2.07. The van der Waals surface area contributed by atoms with Gasteiger partial charge in [0.25, 0.3) is 0 Å². The first-order valence-corrected chi connectivity index (χ1v) is 4.57. The van der Waals surface area contributed by atoms with Crippen molar-refractivity contribution in [3.8, 4) is 0 Å². The van der Waals surface area contributed by atoms with Gasteiger partial charge >= 0.3 is 0 Å². The molecule has 2 nitrogen and oxygen atoms in total. The lowest BCUT2D eigenvalue weighted by atomic mass is 10.3. The van der Waals surface area contributed by atoms with E-state index < -0.39 is 6.36 Å². The Hall–Kier alpha value is -0.410. The van der Waals surface area contributed by atoms with Crippen LogP contribution in [0.1, 0.15) is 26.7 Å². The summed E-state index contributed by atoms with van der Waals surface area (Å²) in [6.45, 7) is 7.68. The Labute approximate surface area is 81.2 Å². The molecule has 0 aliphatic carbocycles. The third-order valence-electron chi connectivity index (χ3n) is 1.03. The number of nitrogens with one attached hydrogen (secondary N) is 1. The quantitative estimate of drug-likeness (QED) is 0.674. The summed E-state index contributed by atoms with van der Waals surface area (Å²) >= 11 is 0. The van der Waals surface area contributed by atoms with Crippen LogP contribution >= 0.6 is 0 Å². The van der Waals surface area contributed by atoms with Crippen LogP contribution in [-0.2, 0) is 4.74 Å². The minimum absolute atomic E-state index is 0.334. The Morgan fingerprint density at radius 3 is 2.31 bits per heavy atom. The van der Waals surface area contributed by atoms with E-state index in [1.807, 2.05) is 27.9 Å². The summed E-state index contributed by atoms with van der Waals surface area (Å²) in [4.78, 5) is 0. The molecule has 1 N–H and O–H groups in total. The number of ether oxygens (including phenoxy) is 1. The van der Waals surface area contributed by atoms with Gasteiger partial charge in [0.15, 0.2) is 6.36 Å². The number of hydrogen-bond donors (Lipinski definition) is 1. The second-order valence-corrected chi connectivity index (χ2v) is 2.97. The molecule has 1 unspecified atom stereocenters. The normalized spacial score (nSPS) is 11.5. The molecular weight excluding hydrogens is 169 g/mol. The number of rotatable bonds is 5. The standard InChI is InChI=1S/C8H15FO.C2H7N/c1-4-5-8(9)10-6-7(2)3;1-3-2/h8H,2,4-6H2,1,3H3;3H,1-2H3. The summed E-state index contributed by atoms with van der Waals surface area (Å²) in [5.41, 5.74) is 0.860. The summed E-state index contributed by atoms with van der Waals surface area (Å²) in [6.07, 6.45) is 0.187. The Bertz CT molecular complexity index is 117. The van der Waals surface area contributed by atoms with Crippen molar-refractivity contribution in [2.24, 2.45) is 0 Å². The molecule has 0 spiro atoms. The van der Waals surface area contributed by atoms with Gasteiger partial charge in [-0.1, -0.05) is 25.5 Å². The van der Waals surface area contributed by atoms with Crippen molar-refractivity contribution in [3.05, 3.63) is 12.2 Å². The molecule has 0 aromatic carbocycles. The molecule has 0 aliphatic rings. The molecule has 13 heavy (non-hydrogen) atoms. The minimum Gasteiger partial charge on any atom is -0.344 e. The summed E-state index contributed by atoms with van der Waals surface area (Å²) in [7, 11) is 3.75. The van der Waals surface area contributed by atoms with Gasteiger partial charge in [0.2, 0.25) is 0 Å². The number of alkyl halides is 1. The van der Waals surface area contributed by atoms with E-state index in [4.69, 9.17) is 4.74 Å². The van der Waals surface area contributed by atoms with Gasteiger partial charge in [-0.05, 0) is 21.0 Å². The van der Waals surface area contributed by atoms with E-state index in [0.29, 0.717) is 13.0 Å². The maximum Gasteiger partial charge on any atom is 0.199 e. The molecule has 3 heteroatoms. The molecule has 0 aromatic heterocycles. The summed E-state index contributed by atoms with van der Waals surface area (Å²) < 4.78 is 17.3. The van der Waals surface area contributed by atoms with Crippen molar-refractivity contribution in [1.29, 1.82) is 0 Å². The van der Waals surface area contributed by atoms with Gasteiger partial charge in [-0.3, -0.25) is 0 Å². The third-order valence-corrected chi connectivity index (χ3v) is 1.03. The lowest BCUT2D eigenvalue weighted by Gasteiger charge is -2.07. The molecule has 0 aromatic rings. The SMILES string of the molecule is C=C(C)COC(F)CCC.CNC. The first-order valence-electron chi connectivity index (χ1n) is 4.57. The smallest absolute Gasteiger partial charge is 0.199 e. The van der Waals surface area contributed by atoms with Crippen LogP contribution in [0.3, 0.4) is 0 Å². The zero-order chi connectivity index (χ0) is 10.7. The highest BCUT2D eigenvalue weighted by Crippen LogP contribution is 2.04. The molecular formula is C10H22FNO. The van der Waals surface area contributed by atoms with E-state index in [1.165, 1.54) is 0 Å². The summed E-state index contributed by atoms with van der Waals surface area (Å²) in [6, 6.07) is 0. The third kappa shape index (κ3) is 18.5. The van der Waals surface area contributed by atoms with Gasteiger partial charge in [-0.2, -0.15) is 0 Å². The van der Waals surface area contributed by atoms with Crippen LogP contribution in [0.2, 0.25) is 0 Å². The van der Waals surface area contributed by atoms with Gasteiger partial charge < -0.3 is 10.1 Å². The highest BCUT2D eigenvalue weighted by molar-refractivity contribution is 4.87.